The van der Waals surface area contributed by atoms with Crippen LogP contribution in [0.25, 0.3) is 11.1 Å². The highest BCUT2D eigenvalue weighted by molar-refractivity contribution is 6.30. The molecule has 3 aromatic rings. The van der Waals surface area contributed by atoms with Gasteiger partial charge in [-0.1, -0.05) is 25.4 Å². The summed E-state index contributed by atoms with van der Waals surface area (Å²) in [6.45, 7) is 13.4. The minimum atomic E-state index is -1.26. The third kappa shape index (κ3) is 7.89. The molecule has 0 aliphatic carbocycles. The highest BCUT2D eigenvalue weighted by Gasteiger charge is 2.36. The zero-order valence-electron chi connectivity index (χ0n) is 25.0. The number of carboxylic acids is 1. The van der Waals surface area contributed by atoms with Crippen molar-refractivity contribution in [3.63, 3.8) is 0 Å². The second kappa shape index (κ2) is 12.8. The summed E-state index contributed by atoms with van der Waals surface area (Å²) in [4.78, 5) is 23.5. The summed E-state index contributed by atoms with van der Waals surface area (Å²) in [6, 6.07) is 8.26. The first-order valence-corrected chi connectivity index (χ1v) is 14.4. The summed E-state index contributed by atoms with van der Waals surface area (Å²) in [6.07, 6.45) is 3.75. The molecule has 1 fully saturated rings. The molecule has 42 heavy (non-hydrogen) atoms. The van der Waals surface area contributed by atoms with Gasteiger partial charge in [-0.15, -0.1) is 0 Å². The SMILES string of the molecule is Cc1ncc(-c2cnc(OCCOc3ccc(Cl)cc3)c(F)c2)c(N2CCC(C)(C)CC2)c1[C@H](OC(C)(C)C)C(=O)O. The van der Waals surface area contributed by atoms with Crippen molar-refractivity contribution in [2.45, 2.75) is 66.1 Å². The minimum absolute atomic E-state index is 0.0847. The van der Waals surface area contributed by atoms with Crippen molar-refractivity contribution < 1.29 is 28.5 Å². The molecule has 0 bridgehead atoms. The number of piperidine rings is 1. The molecular formula is C32H39ClFN3O5. The Hall–Kier alpha value is -3.43. The van der Waals surface area contributed by atoms with Gasteiger partial charge in [-0.05, 0) is 76.3 Å². The molecular weight excluding hydrogens is 561 g/mol. The smallest absolute Gasteiger partial charge is 0.337 e. The van der Waals surface area contributed by atoms with E-state index in [2.05, 4.69) is 28.7 Å². The van der Waals surface area contributed by atoms with Crippen LogP contribution < -0.4 is 14.4 Å². The molecule has 0 amide bonds. The van der Waals surface area contributed by atoms with Crippen molar-refractivity contribution in [2.24, 2.45) is 5.41 Å². The van der Waals surface area contributed by atoms with Crippen LogP contribution in [0.3, 0.4) is 0 Å². The van der Waals surface area contributed by atoms with E-state index in [1.165, 1.54) is 12.3 Å². The highest BCUT2D eigenvalue weighted by atomic mass is 35.5. The molecule has 1 aliphatic rings. The molecule has 1 aromatic carbocycles. The van der Waals surface area contributed by atoms with Crippen LogP contribution in [-0.4, -0.2) is 52.9 Å². The summed E-state index contributed by atoms with van der Waals surface area (Å²) in [5.41, 5.74) is 2.18. The third-order valence-corrected chi connectivity index (χ3v) is 7.45. The lowest BCUT2D eigenvalue weighted by Gasteiger charge is -2.40. The van der Waals surface area contributed by atoms with Crippen LogP contribution in [-0.2, 0) is 9.53 Å². The molecule has 10 heteroatoms. The van der Waals surface area contributed by atoms with E-state index < -0.39 is 23.5 Å². The van der Waals surface area contributed by atoms with Gasteiger partial charge in [-0.2, -0.15) is 0 Å². The molecule has 1 saturated heterocycles. The maximum Gasteiger partial charge on any atom is 0.337 e. The average Bonchev–Trinajstić information content (AvgIpc) is 2.91. The molecule has 0 saturated carbocycles. The molecule has 1 N–H and O–H groups in total. The van der Waals surface area contributed by atoms with Gasteiger partial charge in [0.2, 0.25) is 0 Å². The number of hydrogen-bond acceptors (Lipinski definition) is 7. The van der Waals surface area contributed by atoms with Crippen LogP contribution in [0.4, 0.5) is 10.1 Å². The molecule has 3 heterocycles. The van der Waals surface area contributed by atoms with Crippen molar-refractivity contribution in [3.05, 3.63) is 64.8 Å². The predicted octanol–water partition coefficient (Wildman–Crippen LogP) is 7.27. The molecule has 0 spiro atoms. The number of nitrogens with zero attached hydrogens (tertiary/aromatic N) is 3. The van der Waals surface area contributed by atoms with Gasteiger partial charge in [0.05, 0.1) is 11.3 Å². The Balaban J connectivity index is 1.66. The second-order valence-corrected chi connectivity index (χ2v) is 12.7. The fourth-order valence-electron chi connectivity index (χ4n) is 4.90. The number of hydrogen-bond donors (Lipinski definition) is 1. The van der Waals surface area contributed by atoms with Crippen LogP contribution in [0.5, 0.6) is 11.6 Å². The van der Waals surface area contributed by atoms with E-state index in [4.69, 9.17) is 25.8 Å². The Labute approximate surface area is 251 Å². The van der Waals surface area contributed by atoms with Gasteiger partial charge in [-0.25, -0.2) is 14.2 Å². The molecule has 2 aromatic heterocycles. The summed E-state index contributed by atoms with van der Waals surface area (Å²) < 4.78 is 32.5. The highest BCUT2D eigenvalue weighted by Crippen LogP contribution is 2.43. The lowest BCUT2D eigenvalue weighted by atomic mass is 9.82. The summed E-state index contributed by atoms with van der Waals surface area (Å²) in [5, 5.41) is 10.9. The van der Waals surface area contributed by atoms with Crippen LogP contribution >= 0.6 is 11.6 Å². The van der Waals surface area contributed by atoms with E-state index in [9.17, 15) is 9.90 Å². The average molecular weight is 600 g/mol. The first kappa shape index (κ1) is 31.5. The number of anilines is 1. The Morgan fingerprint density at radius 1 is 1.10 bits per heavy atom. The molecule has 226 valence electrons. The summed E-state index contributed by atoms with van der Waals surface area (Å²) in [5.74, 6) is -1.29. The van der Waals surface area contributed by atoms with Crippen molar-refractivity contribution in [1.82, 2.24) is 9.97 Å². The maximum atomic E-state index is 15.3. The third-order valence-electron chi connectivity index (χ3n) is 7.20. The standard InChI is InChI=1S/C32H39ClFN3O5/c1-20-26(28(30(38)39)42-31(2,3)4)27(37-13-11-32(5,6)12-14-37)24(19-35-20)21-17-25(34)29(36-18-21)41-16-15-40-23-9-7-22(33)8-10-23/h7-10,17-19,28H,11-16H2,1-6H3,(H,38,39)/t28-/m0/s1. The lowest BCUT2D eigenvalue weighted by Crippen LogP contribution is -2.39. The molecule has 1 aliphatic heterocycles. The Morgan fingerprint density at radius 3 is 2.33 bits per heavy atom. The number of pyridine rings is 2. The number of ether oxygens (including phenoxy) is 3. The van der Waals surface area contributed by atoms with Gasteiger partial charge in [0.1, 0.15) is 19.0 Å². The zero-order chi connectivity index (χ0) is 30.7. The molecule has 1 atom stereocenters. The Bertz CT molecular complexity index is 1400. The quantitative estimate of drug-likeness (QED) is 0.243. The summed E-state index contributed by atoms with van der Waals surface area (Å²) in [7, 11) is 0. The number of rotatable bonds is 10. The number of carbonyl (C=O) groups is 1. The fourth-order valence-corrected chi connectivity index (χ4v) is 5.03. The minimum Gasteiger partial charge on any atom is -0.490 e. The number of carboxylic acid groups (broad SMARTS) is 1. The first-order valence-electron chi connectivity index (χ1n) is 14.1. The lowest BCUT2D eigenvalue weighted by molar-refractivity contribution is -0.160. The van der Waals surface area contributed by atoms with Gasteiger partial charge in [0, 0.05) is 52.9 Å². The van der Waals surface area contributed by atoms with Crippen LogP contribution in [0.2, 0.25) is 5.02 Å². The number of halogens is 2. The molecule has 8 nitrogen and oxygen atoms in total. The van der Waals surface area contributed by atoms with Gasteiger partial charge in [0.25, 0.3) is 5.88 Å². The van der Waals surface area contributed by atoms with Gasteiger partial charge < -0.3 is 24.2 Å². The van der Waals surface area contributed by atoms with E-state index in [1.54, 1.807) is 37.4 Å². The number of aliphatic carboxylic acids is 1. The fraction of sp³-hybridized carbons (Fsp3) is 0.469. The predicted molar refractivity (Wildman–Crippen MR) is 161 cm³/mol. The van der Waals surface area contributed by atoms with Crippen molar-refractivity contribution >= 4 is 23.3 Å². The van der Waals surface area contributed by atoms with Crippen molar-refractivity contribution in [2.75, 3.05) is 31.2 Å². The van der Waals surface area contributed by atoms with Crippen LogP contribution in [0.15, 0.2) is 42.7 Å². The van der Waals surface area contributed by atoms with E-state index >= 15 is 4.39 Å². The number of aromatic nitrogens is 2. The van der Waals surface area contributed by atoms with E-state index in [-0.39, 0.29) is 24.5 Å². The molecule has 0 radical (unpaired) electrons. The molecule has 4 rings (SSSR count). The number of aryl methyl sites for hydroxylation is 1. The van der Waals surface area contributed by atoms with Crippen LogP contribution in [0.1, 0.15) is 64.8 Å². The maximum absolute atomic E-state index is 15.3. The zero-order valence-corrected chi connectivity index (χ0v) is 25.8. The monoisotopic (exact) mass is 599 g/mol. The molecule has 0 unspecified atom stereocenters. The van der Waals surface area contributed by atoms with Gasteiger partial charge in [-0.3, -0.25) is 4.98 Å². The van der Waals surface area contributed by atoms with E-state index in [1.807, 2.05) is 20.8 Å². The van der Waals surface area contributed by atoms with E-state index in [0.717, 1.165) is 12.8 Å². The normalized spacial score (nSPS) is 15.8. The van der Waals surface area contributed by atoms with Crippen molar-refractivity contribution in [1.29, 1.82) is 0 Å². The van der Waals surface area contributed by atoms with Crippen LogP contribution in [0, 0.1) is 18.2 Å². The summed E-state index contributed by atoms with van der Waals surface area (Å²) >= 11 is 5.89. The van der Waals surface area contributed by atoms with Crippen molar-refractivity contribution in [3.8, 4) is 22.8 Å². The second-order valence-electron chi connectivity index (χ2n) is 12.3. The van der Waals surface area contributed by atoms with E-state index in [0.29, 0.717) is 51.9 Å². The largest absolute Gasteiger partial charge is 0.490 e. The Kier molecular flexibility index (Phi) is 9.63. The first-order chi connectivity index (χ1) is 19.7. The number of benzene rings is 1. The topological polar surface area (TPSA) is 94.0 Å². The van der Waals surface area contributed by atoms with Gasteiger partial charge in [0.15, 0.2) is 11.9 Å². The Morgan fingerprint density at radius 2 is 1.74 bits per heavy atom. The van der Waals surface area contributed by atoms with Gasteiger partial charge >= 0.3 is 5.97 Å².